The molecular formula is C14H10Cl2FNO2. The van der Waals surface area contributed by atoms with Crippen LogP contribution in [0.3, 0.4) is 0 Å². The minimum absolute atomic E-state index is 0.0137. The molecule has 3 nitrogen and oxygen atoms in total. The number of halogens is 3. The van der Waals surface area contributed by atoms with E-state index in [1.54, 1.807) is 24.3 Å². The molecule has 20 heavy (non-hydrogen) atoms. The molecule has 0 bridgehead atoms. The first-order valence-corrected chi connectivity index (χ1v) is 6.44. The zero-order chi connectivity index (χ0) is 14.5. The lowest BCUT2D eigenvalue weighted by atomic mass is 10.3. The molecule has 0 aliphatic carbocycles. The molecule has 0 saturated heterocycles. The molecule has 1 N–H and O–H groups in total. The Morgan fingerprint density at radius 3 is 2.65 bits per heavy atom. The van der Waals surface area contributed by atoms with Gasteiger partial charge in [0.2, 0.25) is 0 Å². The van der Waals surface area contributed by atoms with Gasteiger partial charge in [-0.25, -0.2) is 4.39 Å². The lowest BCUT2D eigenvalue weighted by Crippen LogP contribution is -2.20. The highest BCUT2D eigenvalue weighted by Crippen LogP contribution is 2.29. The number of carbonyl (C=O) groups excluding carboxylic acids is 1. The lowest BCUT2D eigenvalue weighted by molar-refractivity contribution is -0.118. The van der Waals surface area contributed by atoms with E-state index in [-0.39, 0.29) is 17.4 Å². The van der Waals surface area contributed by atoms with E-state index >= 15 is 0 Å². The normalized spacial score (nSPS) is 10.2. The van der Waals surface area contributed by atoms with E-state index in [1.165, 1.54) is 18.2 Å². The van der Waals surface area contributed by atoms with Gasteiger partial charge in [0.15, 0.2) is 18.2 Å². The van der Waals surface area contributed by atoms with Crippen LogP contribution in [-0.2, 0) is 4.79 Å². The van der Waals surface area contributed by atoms with Gasteiger partial charge in [0.1, 0.15) is 0 Å². The highest BCUT2D eigenvalue weighted by molar-refractivity contribution is 6.43. The van der Waals surface area contributed by atoms with Crippen LogP contribution in [-0.4, -0.2) is 12.5 Å². The van der Waals surface area contributed by atoms with E-state index in [1.807, 2.05) is 0 Å². The summed E-state index contributed by atoms with van der Waals surface area (Å²) in [6.45, 7) is -0.330. The molecule has 0 unspecified atom stereocenters. The predicted molar refractivity (Wildman–Crippen MR) is 77.0 cm³/mol. The van der Waals surface area contributed by atoms with Crippen molar-refractivity contribution in [1.29, 1.82) is 0 Å². The highest BCUT2D eigenvalue weighted by atomic mass is 35.5. The summed E-state index contributed by atoms with van der Waals surface area (Å²) >= 11 is 11.8. The largest absolute Gasteiger partial charge is 0.481 e. The Hall–Kier alpha value is -1.78. The van der Waals surface area contributed by atoms with Crippen LogP contribution < -0.4 is 10.1 Å². The third-order valence-corrected chi connectivity index (χ3v) is 3.24. The van der Waals surface area contributed by atoms with Crippen LogP contribution >= 0.6 is 23.2 Å². The predicted octanol–water partition coefficient (Wildman–Crippen LogP) is 4.15. The summed E-state index contributed by atoms with van der Waals surface area (Å²) in [7, 11) is 0. The number of ether oxygens (including phenoxy) is 1. The lowest BCUT2D eigenvalue weighted by Gasteiger charge is -2.09. The monoisotopic (exact) mass is 313 g/mol. The fourth-order valence-corrected chi connectivity index (χ4v) is 1.84. The van der Waals surface area contributed by atoms with Crippen LogP contribution in [0.25, 0.3) is 0 Å². The Kier molecular flexibility index (Phi) is 4.82. The number of nitrogens with one attached hydrogen (secondary N) is 1. The minimum Gasteiger partial charge on any atom is -0.481 e. The van der Waals surface area contributed by atoms with Gasteiger partial charge in [-0.15, -0.1) is 0 Å². The topological polar surface area (TPSA) is 38.3 Å². The van der Waals surface area contributed by atoms with Gasteiger partial charge >= 0.3 is 0 Å². The molecule has 0 aliphatic rings. The molecule has 1 amide bonds. The number of carbonyl (C=O) groups is 1. The van der Waals surface area contributed by atoms with Gasteiger partial charge in [-0.05, 0) is 24.3 Å². The minimum atomic E-state index is -0.527. The van der Waals surface area contributed by atoms with E-state index in [2.05, 4.69) is 5.32 Å². The van der Waals surface area contributed by atoms with Crippen molar-refractivity contribution < 1.29 is 13.9 Å². The Morgan fingerprint density at radius 2 is 1.90 bits per heavy atom. The molecule has 0 radical (unpaired) electrons. The fourth-order valence-electron chi connectivity index (χ4n) is 1.49. The first kappa shape index (κ1) is 14.6. The molecule has 2 aromatic carbocycles. The second kappa shape index (κ2) is 6.59. The first-order chi connectivity index (χ1) is 9.58. The zero-order valence-corrected chi connectivity index (χ0v) is 11.7. The summed E-state index contributed by atoms with van der Waals surface area (Å²) in [5.41, 5.74) is 0.376. The van der Waals surface area contributed by atoms with Crippen molar-refractivity contribution in [2.45, 2.75) is 0 Å². The van der Waals surface area contributed by atoms with Crippen molar-refractivity contribution >= 4 is 34.8 Å². The molecule has 2 aromatic rings. The molecule has 0 atom stereocenters. The number of benzene rings is 2. The standard InChI is InChI=1S/C14H10Cl2FNO2/c15-9-4-3-6-11(14(9)16)18-13(19)8-20-12-7-2-1-5-10(12)17/h1-7H,8H2,(H,18,19). The Balaban J connectivity index is 1.96. The van der Waals surface area contributed by atoms with Crippen LogP contribution in [0, 0.1) is 5.82 Å². The van der Waals surface area contributed by atoms with Gasteiger partial charge in [0.25, 0.3) is 5.91 Å². The van der Waals surface area contributed by atoms with E-state index in [9.17, 15) is 9.18 Å². The Labute approximate surface area is 125 Å². The molecular weight excluding hydrogens is 304 g/mol. The van der Waals surface area contributed by atoms with Gasteiger partial charge in [-0.1, -0.05) is 41.4 Å². The van der Waals surface area contributed by atoms with Gasteiger partial charge in [-0.3, -0.25) is 4.79 Å². The quantitative estimate of drug-likeness (QED) is 0.920. The van der Waals surface area contributed by atoms with Crippen molar-refractivity contribution in [1.82, 2.24) is 0 Å². The second-order valence-electron chi connectivity index (χ2n) is 3.87. The van der Waals surface area contributed by atoms with Crippen LogP contribution in [0.15, 0.2) is 42.5 Å². The molecule has 0 fully saturated rings. The molecule has 0 spiro atoms. The van der Waals surface area contributed by atoms with Crippen LogP contribution in [0.1, 0.15) is 0 Å². The van der Waals surface area contributed by atoms with Gasteiger partial charge in [0.05, 0.1) is 15.7 Å². The van der Waals surface area contributed by atoms with Crippen LogP contribution in [0.2, 0.25) is 10.0 Å². The molecule has 6 heteroatoms. The van der Waals surface area contributed by atoms with E-state index < -0.39 is 11.7 Å². The fraction of sp³-hybridized carbons (Fsp3) is 0.0714. The summed E-state index contributed by atoms with van der Waals surface area (Å²) in [5, 5.41) is 3.11. The number of hydrogen-bond donors (Lipinski definition) is 1. The third kappa shape index (κ3) is 3.62. The van der Waals surface area contributed by atoms with Crippen molar-refractivity contribution in [2.75, 3.05) is 11.9 Å². The van der Waals surface area contributed by atoms with Crippen LogP contribution in [0.4, 0.5) is 10.1 Å². The number of rotatable bonds is 4. The van der Waals surface area contributed by atoms with Crippen molar-refractivity contribution in [2.24, 2.45) is 0 Å². The number of hydrogen-bond acceptors (Lipinski definition) is 2. The molecule has 2 rings (SSSR count). The van der Waals surface area contributed by atoms with Crippen LogP contribution in [0.5, 0.6) is 5.75 Å². The average Bonchev–Trinajstić information content (AvgIpc) is 2.43. The maximum atomic E-state index is 13.3. The van der Waals surface area contributed by atoms with Crippen molar-refractivity contribution in [3.63, 3.8) is 0 Å². The number of para-hydroxylation sites is 1. The molecule has 0 aliphatic heterocycles. The Morgan fingerprint density at radius 1 is 1.15 bits per heavy atom. The smallest absolute Gasteiger partial charge is 0.262 e. The SMILES string of the molecule is O=C(COc1ccccc1F)Nc1cccc(Cl)c1Cl. The maximum absolute atomic E-state index is 13.3. The number of anilines is 1. The molecule has 104 valence electrons. The summed E-state index contributed by atoms with van der Waals surface area (Å²) in [4.78, 5) is 11.7. The highest BCUT2D eigenvalue weighted by Gasteiger charge is 2.10. The third-order valence-electron chi connectivity index (χ3n) is 2.42. The molecule has 0 saturated carbocycles. The summed E-state index contributed by atoms with van der Waals surface area (Å²) < 4.78 is 18.4. The van der Waals surface area contributed by atoms with Crippen molar-refractivity contribution in [3.05, 3.63) is 58.3 Å². The summed E-state index contributed by atoms with van der Waals surface area (Å²) in [5.74, 6) is -0.974. The van der Waals surface area contributed by atoms with E-state index in [0.29, 0.717) is 10.7 Å². The zero-order valence-electron chi connectivity index (χ0n) is 10.2. The maximum Gasteiger partial charge on any atom is 0.262 e. The number of amides is 1. The van der Waals surface area contributed by atoms with E-state index in [0.717, 1.165) is 0 Å². The van der Waals surface area contributed by atoms with Crippen molar-refractivity contribution in [3.8, 4) is 5.75 Å². The van der Waals surface area contributed by atoms with Gasteiger partial charge < -0.3 is 10.1 Å². The molecule has 0 aromatic heterocycles. The summed E-state index contributed by atoms with van der Waals surface area (Å²) in [6.07, 6.45) is 0. The van der Waals surface area contributed by atoms with Gasteiger partial charge in [0, 0.05) is 0 Å². The summed E-state index contributed by atoms with van der Waals surface area (Å²) in [6, 6.07) is 10.7. The Bertz CT molecular complexity index is 634. The van der Waals surface area contributed by atoms with E-state index in [4.69, 9.17) is 27.9 Å². The molecule has 0 heterocycles. The van der Waals surface area contributed by atoms with Gasteiger partial charge in [-0.2, -0.15) is 0 Å². The first-order valence-electron chi connectivity index (χ1n) is 5.69. The second-order valence-corrected chi connectivity index (χ2v) is 4.65. The average molecular weight is 314 g/mol.